The van der Waals surface area contributed by atoms with Gasteiger partial charge in [0, 0.05) is 37.0 Å². The predicted molar refractivity (Wildman–Crippen MR) is 134 cm³/mol. The van der Waals surface area contributed by atoms with Crippen molar-refractivity contribution in [3.05, 3.63) is 58.1 Å². The average molecular weight is 468 g/mol. The summed E-state index contributed by atoms with van der Waals surface area (Å²) in [5.41, 5.74) is 7.96. The van der Waals surface area contributed by atoms with Crippen LogP contribution in [0, 0.1) is 0 Å². The highest BCUT2D eigenvalue weighted by molar-refractivity contribution is 7.98. The number of carbonyl (C=O) groups is 2. The number of aryl methyl sites for hydroxylation is 2. The van der Waals surface area contributed by atoms with Crippen molar-refractivity contribution in [2.45, 2.75) is 69.7 Å². The predicted octanol–water partition coefficient (Wildman–Crippen LogP) is 3.38. The molecular formula is C26H33N3O3S. The maximum atomic E-state index is 11.5. The molecule has 2 amide bonds. The SMILES string of the molecule is C=S(N)(=O)c1ccc(CN2CCCC2=O)cc1.CC(=O)Nc1c2c(cc3c1CCC3)CCC2. The van der Waals surface area contributed by atoms with E-state index in [0.29, 0.717) is 17.9 Å². The van der Waals surface area contributed by atoms with E-state index in [1.54, 1.807) is 19.1 Å². The molecule has 176 valence electrons. The van der Waals surface area contributed by atoms with E-state index in [1.165, 1.54) is 47.9 Å². The Morgan fingerprint density at radius 3 is 2.12 bits per heavy atom. The number of fused-ring (bicyclic) bond motifs is 2. The molecule has 1 aliphatic heterocycles. The van der Waals surface area contributed by atoms with Gasteiger partial charge in [-0.25, -0.2) is 4.21 Å². The van der Waals surface area contributed by atoms with Crippen LogP contribution in [0.15, 0.2) is 35.2 Å². The molecular weight excluding hydrogens is 434 g/mol. The molecule has 1 atom stereocenters. The van der Waals surface area contributed by atoms with Crippen LogP contribution in [0.3, 0.4) is 0 Å². The van der Waals surface area contributed by atoms with E-state index in [1.807, 2.05) is 17.0 Å². The Labute approximate surface area is 196 Å². The smallest absolute Gasteiger partial charge is 0.222 e. The number of nitrogens with two attached hydrogens (primary N) is 1. The fourth-order valence-electron chi connectivity index (χ4n) is 5.06. The molecule has 1 heterocycles. The maximum absolute atomic E-state index is 11.5. The summed E-state index contributed by atoms with van der Waals surface area (Å²) in [5.74, 6) is 3.69. The van der Waals surface area contributed by atoms with Crippen LogP contribution in [0.4, 0.5) is 5.69 Å². The quantitative estimate of drug-likeness (QED) is 0.675. The Bertz CT molecular complexity index is 1140. The first kappa shape index (κ1) is 23.5. The largest absolute Gasteiger partial charge is 0.338 e. The molecule has 0 spiro atoms. The third-order valence-electron chi connectivity index (χ3n) is 6.64. The summed E-state index contributed by atoms with van der Waals surface area (Å²) < 4.78 is 11.5. The Morgan fingerprint density at radius 2 is 1.64 bits per heavy atom. The Kier molecular flexibility index (Phi) is 6.91. The second-order valence-electron chi connectivity index (χ2n) is 9.20. The Morgan fingerprint density at radius 1 is 1.03 bits per heavy atom. The van der Waals surface area contributed by atoms with Gasteiger partial charge in [0.2, 0.25) is 11.8 Å². The summed E-state index contributed by atoms with van der Waals surface area (Å²) >= 11 is 0. The lowest BCUT2D eigenvalue weighted by molar-refractivity contribution is -0.128. The van der Waals surface area contributed by atoms with Crippen LogP contribution in [0.5, 0.6) is 0 Å². The fourth-order valence-corrected chi connectivity index (χ4v) is 5.66. The molecule has 6 nitrogen and oxygen atoms in total. The minimum absolute atomic E-state index is 0.0643. The molecule has 1 fully saturated rings. The van der Waals surface area contributed by atoms with Crippen molar-refractivity contribution in [1.29, 1.82) is 0 Å². The number of anilines is 1. The number of benzene rings is 2. The molecule has 5 rings (SSSR count). The number of carbonyl (C=O) groups excluding carboxylic acids is 2. The fraction of sp³-hybridized carbons (Fsp3) is 0.423. The number of amides is 2. The first-order chi connectivity index (χ1) is 15.7. The molecule has 3 aliphatic rings. The van der Waals surface area contributed by atoms with Gasteiger partial charge in [0.1, 0.15) is 0 Å². The molecule has 1 saturated heterocycles. The van der Waals surface area contributed by atoms with E-state index in [-0.39, 0.29) is 11.8 Å². The number of likely N-dealkylation sites (tertiary alicyclic amines) is 1. The molecule has 0 radical (unpaired) electrons. The van der Waals surface area contributed by atoms with Crippen LogP contribution in [-0.4, -0.2) is 33.3 Å². The van der Waals surface area contributed by atoms with E-state index >= 15 is 0 Å². The van der Waals surface area contributed by atoms with Crippen LogP contribution in [-0.2, 0) is 51.5 Å². The van der Waals surface area contributed by atoms with E-state index in [4.69, 9.17) is 5.14 Å². The molecule has 0 saturated carbocycles. The third kappa shape index (κ3) is 5.47. The van der Waals surface area contributed by atoms with Gasteiger partial charge in [0.25, 0.3) is 0 Å². The zero-order chi connectivity index (χ0) is 23.6. The monoisotopic (exact) mass is 467 g/mol. The zero-order valence-electron chi connectivity index (χ0n) is 19.3. The van der Waals surface area contributed by atoms with Crippen LogP contribution < -0.4 is 10.5 Å². The van der Waals surface area contributed by atoms with E-state index in [0.717, 1.165) is 37.1 Å². The second kappa shape index (κ2) is 9.69. The van der Waals surface area contributed by atoms with Crippen LogP contribution in [0.25, 0.3) is 0 Å². The van der Waals surface area contributed by atoms with Gasteiger partial charge in [-0.3, -0.25) is 14.7 Å². The highest BCUT2D eigenvalue weighted by atomic mass is 32.2. The number of hydrogen-bond donors (Lipinski definition) is 2. The first-order valence-corrected chi connectivity index (χ1v) is 13.5. The van der Waals surface area contributed by atoms with E-state index < -0.39 is 9.71 Å². The summed E-state index contributed by atoms with van der Waals surface area (Å²) in [6.45, 7) is 3.04. The van der Waals surface area contributed by atoms with Crippen LogP contribution in [0.2, 0.25) is 0 Å². The average Bonchev–Trinajstić information content (AvgIpc) is 3.50. The zero-order valence-corrected chi connectivity index (χ0v) is 20.1. The summed E-state index contributed by atoms with van der Waals surface area (Å²) in [6, 6.07) is 9.50. The van der Waals surface area contributed by atoms with Crippen molar-refractivity contribution in [2.75, 3.05) is 11.9 Å². The van der Waals surface area contributed by atoms with Crippen molar-refractivity contribution in [3.8, 4) is 0 Å². The number of nitrogens with zero attached hydrogens (tertiary/aromatic N) is 1. The lowest BCUT2D eigenvalue weighted by Gasteiger charge is -2.15. The van der Waals surface area contributed by atoms with Gasteiger partial charge in [0.15, 0.2) is 0 Å². The number of hydrogen-bond acceptors (Lipinski definition) is 3. The first-order valence-electron chi connectivity index (χ1n) is 11.7. The van der Waals surface area contributed by atoms with Gasteiger partial charge in [-0.05, 0) is 90.8 Å². The highest BCUT2D eigenvalue weighted by Gasteiger charge is 2.24. The third-order valence-corrected chi connectivity index (χ3v) is 7.71. The van der Waals surface area contributed by atoms with Crippen molar-refractivity contribution in [2.24, 2.45) is 5.14 Å². The second-order valence-corrected chi connectivity index (χ2v) is 11.1. The molecule has 0 aromatic heterocycles. The van der Waals surface area contributed by atoms with Crippen molar-refractivity contribution >= 4 is 33.1 Å². The molecule has 1 unspecified atom stereocenters. The van der Waals surface area contributed by atoms with E-state index in [2.05, 4.69) is 17.3 Å². The lowest BCUT2D eigenvalue weighted by Crippen LogP contribution is -2.23. The minimum atomic E-state index is -2.64. The summed E-state index contributed by atoms with van der Waals surface area (Å²) in [7, 11) is -2.64. The summed E-state index contributed by atoms with van der Waals surface area (Å²) in [5, 5.41) is 8.51. The van der Waals surface area contributed by atoms with Crippen LogP contribution in [0.1, 0.15) is 60.4 Å². The molecule has 2 aromatic rings. The minimum Gasteiger partial charge on any atom is -0.338 e. The van der Waals surface area contributed by atoms with E-state index in [9.17, 15) is 13.8 Å². The summed E-state index contributed by atoms with van der Waals surface area (Å²) in [6.07, 6.45) is 8.72. The van der Waals surface area contributed by atoms with Crippen molar-refractivity contribution in [3.63, 3.8) is 0 Å². The molecule has 7 heteroatoms. The number of rotatable bonds is 4. The highest BCUT2D eigenvalue weighted by Crippen LogP contribution is 2.38. The van der Waals surface area contributed by atoms with Gasteiger partial charge in [-0.2, -0.15) is 0 Å². The van der Waals surface area contributed by atoms with Crippen LogP contribution >= 0.6 is 0 Å². The maximum Gasteiger partial charge on any atom is 0.222 e. The van der Waals surface area contributed by atoms with Gasteiger partial charge in [-0.1, -0.05) is 18.2 Å². The Balaban J connectivity index is 0.000000157. The lowest BCUT2D eigenvalue weighted by atomic mass is 9.99. The van der Waals surface area contributed by atoms with Crippen molar-refractivity contribution in [1.82, 2.24) is 4.90 Å². The van der Waals surface area contributed by atoms with Crippen molar-refractivity contribution < 1.29 is 13.8 Å². The molecule has 2 aromatic carbocycles. The molecule has 0 bridgehead atoms. The summed E-state index contributed by atoms with van der Waals surface area (Å²) in [4.78, 5) is 25.1. The number of nitrogens with one attached hydrogen (secondary N) is 1. The Hall–Kier alpha value is -2.64. The topological polar surface area (TPSA) is 92.5 Å². The standard InChI is InChI=1S/C14H17NO.C12H16N2O2S/c1-9(16)15-14-12-6-2-4-10(12)8-11-5-3-7-13(11)14;1-17(13,16)11-6-4-10(5-7-11)9-14-8-2-3-12(14)15/h8H,2-7H2,1H3,(H,15,16);4-7H,1-3,8-9H2,(H2,13,16). The normalized spacial score (nSPS) is 18.2. The van der Waals surface area contributed by atoms with Gasteiger partial charge in [-0.15, -0.1) is 0 Å². The molecule has 3 N–H and O–H groups in total. The van der Waals surface area contributed by atoms with Gasteiger partial charge < -0.3 is 10.2 Å². The van der Waals surface area contributed by atoms with Gasteiger partial charge in [0.05, 0.1) is 9.71 Å². The molecule has 33 heavy (non-hydrogen) atoms. The molecule has 2 aliphatic carbocycles. The van der Waals surface area contributed by atoms with Gasteiger partial charge >= 0.3 is 0 Å².